The Morgan fingerprint density at radius 3 is 2.62 bits per heavy atom. The van der Waals surface area contributed by atoms with E-state index >= 15 is 0 Å². The predicted molar refractivity (Wildman–Crippen MR) is 75.6 cm³/mol. The van der Waals surface area contributed by atoms with Crippen LogP contribution in [-0.4, -0.2) is 50.9 Å². The van der Waals surface area contributed by atoms with Crippen LogP contribution in [0.25, 0.3) is 0 Å². The number of anilines is 1. The van der Waals surface area contributed by atoms with Crippen LogP contribution in [0, 0.1) is 0 Å². The molecule has 0 spiro atoms. The van der Waals surface area contributed by atoms with E-state index in [1.807, 2.05) is 0 Å². The molecule has 0 aliphatic carbocycles. The molecule has 9 heteroatoms. The van der Waals surface area contributed by atoms with Crippen molar-refractivity contribution in [3.8, 4) is 5.75 Å². The number of amides is 1. The second-order valence-corrected chi connectivity index (χ2v) is 6.00. The Balaban J connectivity index is 3.04. The number of sulfonamides is 1. The Morgan fingerprint density at radius 1 is 1.43 bits per heavy atom. The lowest BCUT2D eigenvalue weighted by molar-refractivity contribution is -0.114. The van der Waals surface area contributed by atoms with E-state index in [0.29, 0.717) is 5.75 Å². The summed E-state index contributed by atoms with van der Waals surface area (Å²) >= 11 is 0. The van der Waals surface area contributed by atoms with Gasteiger partial charge in [-0.3, -0.25) is 4.79 Å². The monoisotopic (exact) mass is 318 g/mol. The van der Waals surface area contributed by atoms with Crippen LogP contribution in [0.5, 0.6) is 5.75 Å². The number of benzene rings is 1. The first kappa shape index (κ1) is 17.4. The summed E-state index contributed by atoms with van der Waals surface area (Å²) in [5, 5.41) is 20.3. The van der Waals surface area contributed by atoms with Crippen LogP contribution in [0.1, 0.15) is 6.92 Å². The second-order valence-electron chi connectivity index (χ2n) is 4.23. The zero-order valence-electron chi connectivity index (χ0n) is 11.7. The Kier molecular flexibility index (Phi) is 6.09. The Hall–Kier alpha value is -1.68. The summed E-state index contributed by atoms with van der Waals surface area (Å²) in [4.78, 5) is 11.0. The summed E-state index contributed by atoms with van der Waals surface area (Å²) in [6, 6.07) is 3.95. The number of rotatable bonds is 7. The highest BCUT2D eigenvalue weighted by atomic mass is 32.2. The fraction of sp³-hybridized carbons (Fsp3) is 0.417. The molecule has 0 aliphatic rings. The number of aliphatic hydroxyl groups is 2. The fourth-order valence-electron chi connectivity index (χ4n) is 1.50. The van der Waals surface area contributed by atoms with Crippen LogP contribution in [0.15, 0.2) is 23.1 Å². The van der Waals surface area contributed by atoms with Gasteiger partial charge < -0.3 is 20.3 Å². The van der Waals surface area contributed by atoms with Crippen LogP contribution in [0.3, 0.4) is 0 Å². The summed E-state index contributed by atoms with van der Waals surface area (Å²) in [6.07, 6.45) is -1.19. The lowest BCUT2D eigenvalue weighted by Crippen LogP contribution is -2.33. The van der Waals surface area contributed by atoms with Gasteiger partial charge in [0, 0.05) is 13.5 Å². The Labute approximate surface area is 122 Å². The molecule has 0 aliphatic heterocycles. The van der Waals surface area contributed by atoms with Gasteiger partial charge in [-0.05, 0) is 18.2 Å². The van der Waals surface area contributed by atoms with E-state index in [4.69, 9.17) is 14.9 Å². The minimum atomic E-state index is -3.88. The number of ether oxygens (including phenoxy) is 1. The molecule has 0 saturated heterocycles. The van der Waals surface area contributed by atoms with Crippen molar-refractivity contribution in [2.75, 3.05) is 25.6 Å². The van der Waals surface area contributed by atoms with Crippen molar-refractivity contribution in [2.45, 2.75) is 17.9 Å². The van der Waals surface area contributed by atoms with E-state index < -0.39 is 22.7 Å². The quantitative estimate of drug-likeness (QED) is 0.526. The standard InChI is InChI=1S/C12H18N2O6S/c1-8(16)14-11-5-10(3-4-12(11)20-2)21(18,19)13-6-9(17)7-15/h3-5,9,13,15,17H,6-7H2,1-2H3,(H,14,16). The Bertz CT molecular complexity index is 602. The smallest absolute Gasteiger partial charge is 0.240 e. The van der Waals surface area contributed by atoms with Gasteiger partial charge in [-0.2, -0.15) is 0 Å². The van der Waals surface area contributed by atoms with Gasteiger partial charge in [0.05, 0.1) is 30.4 Å². The molecule has 0 radical (unpaired) electrons. The summed E-state index contributed by atoms with van der Waals surface area (Å²) < 4.78 is 31.2. The van der Waals surface area contributed by atoms with Crippen molar-refractivity contribution in [2.24, 2.45) is 0 Å². The molecule has 1 aromatic carbocycles. The maximum Gasteiger partial charge on any atom is 0.240 e. The topological polar surface area (TPSA) is 125 Å². The molecule has 0 fully saturated rings. The minimum Gasteiger partial charge on any atom is -0.495 e. The van der Waals surface area contributed by atoms with Gasteiger partial charge >= 0.3 is 0 Å². The third-order valence-electron chi connectivity index (χ3n) is 2.51. The molecular formula is C12H18N2O6S. The van der Waals surface area contributed by atoms with Gasteiger partial charge in [-0.1, -0.05) is 0 Å². The summed E-state index contributed by atoms with van der Waals surface area (Å²) in [7, 11) is -2.48. The lowest BCUT2D eigenvalue weighted by atomic mass is 10.3. The largest absolute Gasteiger partial charge is 0.495 e. The maximum atomic E-state index is 12.0. The number of aliphatic hydroxyl groups excluding tert-OH is 2. The van der Waals surface area contributed by atoms with Crippen LogP contribution in [-0.2, 0) is 14.8 Å². The molecule has 0 bridgehead atoms. The highest BCUT2D eigenvalue weighted by Crippen LogP contribution is 2.27. The van der Waals surface area contributed by atoms with Gasteiger partial charge in [0.15, 0.2) is 0 Å². The average molecular weight is 318 g/mol. The van der Waals surface area contributed by atoms with Gasteiger partial charge in [0.25, 0.3) is 0 Å². The van der Waals surface area contributed by atoms with E-state index in [9.17, 15) is 13.2 Å². The van der Waals surface area contributed by atoms with E-state index in [2.05, 4.69) is 10.0 Å². The molecule has 21 heavy (non-hydrogen) atoms. The van der Waals surface area contributed by atoms with Gasteiger partial charge in [0.1, 0.15) is 5.75 Å². The van der Waals surface area contributed by atoms with Crippen LogP contribution < -0.4 is 14.8 Å². The SMILES string of the molecule is COc1ccc(S(=O)(=O)NCC(O)CO)cc1NC(C)=O. The van der Waals surface area contributed by atoms with E-state index in [1.54, 1.807) is 0 Å². The molecule has 0 heterocycles. The van der Waals surface area contributed by atoms with Crippen molar-refractivity contribution >= 4 is 21.6 Å². The molecule has 1 aromatic rings. The number of carbonyl (C=O) groups is 1. The minimum absolute atomic E-state index is 0.0998. The molecule has 1 atom stereocenters. The van der Waals surface area contributed by atoms with Crippen molar-refractivity contribution in [1.82, 2.24) is 4.72 Å². The third-order valence-corrected chi connectivity index (χ3v) is 3.93. The molecule has 1 amide bonds. The predicted octanol–water partition coefficient (Wildman–Crippen LogP) is -0.715. The number of nitrogens with one attached hydrogen (secondary N) is 2. The fourth-order valence-corrected chi connectivity index (χ4v) is 2.59. The Morgan fingerprint density at radius 2 is 2.10 bits per heavy atom. The second kappa shape index (κ2) is 7.36. The van der Waals surface area contributed by atoms with Crippen molar-refractivity contribution in [1.29, 1.82) is 0 Å². The zero-order chi connectivity index (χ0) is 16.0. The summed E-state index contributed by atoms with van der Waals surface area (Å²) in [5.74, 6) is -0.0500. The molecule has 0 saturated carbocycles. The molecule has 1 unspecified atom stereocenters. The van der Waals surface area contributed by atoms with E-state index in [1.165, 1.54) is 32.2 Å². The van der Waals surface area contributed by atoms with E-state index in [0.717, 1.165) is 0 Å². The van der Waals surface area contributed by atoms with Crippen molar-refractivity contribution < 1.29 is 28.2 Å². The van der Waals surface area contributed by atoms with E-state index in [-0.39, 0.29) is 23.0 Å². The first-order valence-electron chi connectivity index (χ1n) is 6.04. The van der Waals surface area contributed by atoms with Gasteiger partial charge in [-0.15, -0.1) is 0 Å². The molecular weight excluding hydrogens is 300 g/mol. The zero-order valence-corrected chi connectivity index (χ0v) is 12.5. The number of hydrogen-bond donors (Lipinski definition) is 4. The van der Waals surface area contributed by atoms with Crippen molar-refractivity contribution in [3.63, 3.8) is 0 Å². The summed E-state index contributed by atoms with van der Waals surface area (Å²) in [5.41, 5.74) is 0.218. The van der Waals surface area contributed by atoms with Crippen molar-refractivity contribution in [3.05, 3.63) is 18.2 Å². The first-order valence-corrected chi connectivity index (χ1v) is 7.52. The maximum absolute atomic E-state index is 12.0. The molecule has 1 rings (SSSR count). The highest BCUT2D eigenvalue weighted by molar-refractivity contribution is 7.89. The number of methoxy groups -OCH3 is 1. The van der Waals surface area contributed by atoms with Gasteiger partial charge in [0.2, 0.25) is 15.9 Å². The van der Waals surface area contributed by atoms with Gasteiger partial charge in [-0.25, -0.2) is 13.1 Å². The lowest BCUT2D eigenvalue weighted by Gasteiger charge is -2.13. The molecule has 0 aromatic heterocycles. The van der Waals surface area contributed by atoms with Crippen LogP contribution in [0.2, 0.25) is 0 Å². The third kappa shape index (κ3) is 4.97. The molecule has 4 N–H and O–H groups in total. The first-order chi connectivity index (χ1) is 9.80. The van der Waals surface area contributed by atoms with Crippen LogP contribution >= 0.6 is 0 Å². The number of hydrogen-bond acceptors (Lipinski definition) is 6. The normalized spacial score (nSPS) is 12.8. The summed E-state index contributed by atoms with van der Waals surface area (Å²) in [6.45, 7) is 0.416. The molecule has 118 valence electrons. The van der Waals surface area contributed by atoms with Crippen LogP contribution in [0.4, 0.5) is 5.69 Å². The average Bonchev–Trinajstić information content (AvgIpc) is 2.44. The number of carbonyl (C=O) groups excluding carboxylic acids is 1. The molecule has 8 nitrogen and oxygen atoms in total. The highest BCUT2D eigenvalue weighted by Gasteiger charge is 2.18.